The van der Waals surface area contributed by atoms with Crippen LogP contribution in [-0.4, -0.2) is 30.0 Å². The highest BCUT2D eigenvalue weighted by Gasteiger charge is 2.12. The van der Waals surface area contributed by atoms with Gasteiger partial charge in [0.05, 0.1) is 12.5 Å². The van der Waals surface area contributed by atoms with Gasteiger partial charge < -0.3 is 15.3 Å². The number of hydrogen-bond donors (Lipinski definition) is 2. The molecule has 0 fully saturated rings. The van der Waals surface area contributed by atoms with Gasteiger partial charge in [0.2, 0.25) is 5.91 Å². The number of nitrogens with zero attached hydrogens (tertiary/aromatic N) is 1. The van der Waals surface area contributed by atoms with Crippen molar-refractivity contribution < 1.29 is 9.90 Å². The molecule has 0 heterocycles. The summed E-state index contributed by atoms with van der Waals surface area (Å²) in [5.74, 6) is -0.185. The SMILES string of the molecule is CN(C)Cc1ccc(CNC(=O)CC(O)c2ccc(Cl)cc2)cc1. The van der Waals surface area contributed by atoms with Crippen LogP contribution in [0, 0.1) is 0 Å². The lowest BCUT2D eigenvalue weighted by atomic mass is 10.1. The van der Waals surface area contributed by atoms with Gasteiger partial charge in [-0.3, -0.25) is 4.79 Å². The minimum atomic E-state index is -0.829. The third-order valence-corrected chi connectivity index (χ3v) is 3.90. The van der Waals surface area contributed by atoms with E-state index in [1.807, 2.05) is 26.2 Å². The van der Waals surface area contributed by atoms with Crippen LogP contribution in [0.25, 0.3) is 0 Å². The molecule has 4 nitrogen and oxygen atoms in total. The molecular formula is C19H23ClN2O2. The van der Waals surface area contributed by atoms with Crippen molar-refractivity contribution in [2.24, 2.45) is 0 Å². The highest BCUT2D eigenvalue weighted by molar-refractivity contribution is 6.30. The van der Waals surface area contributed by atoms with Crippen LogP contribution in [0.15, 0.2) is 48.5 Å². The predicted molar refractivity (Wildman–Crippen MR) is 96.7 cm³/mol. The summed E-state index contributed by atoms with van der Waals surface area (Å²) in [5, 5.41) is 13.5. The molecule has 1 atom stereocenters. The number of aliphatic hydroxyl groups excluding tert-OH is 1. The van der Waals surface area contributed by atoms with E-state index in [9.17, 15) is 9.90 Å². The molecule has 0 saturated carbocycles. The van der Waals surface area contributed by atoms with Crippen LogP contribution < -0.4 is 5.32 Å². The number of aliphatic hydroxyl groups is 1. The average molecular weight is 347 g/mol. The number of carbonyl (C=O) groups is 1. The third-order valence-electron chi connectivity index (χ3n) is 3.64. The molecule has 2 aromatic rings. The van der Waals surface area contributed by atoms with E-state index < -0.39 is 6.10 Å². The standard InChI is InChI=1S/C19H23ClN2O2/c1-22(2)13-15-5-3-14(4-6-15)12-21-19(24)11-18(23)16-7-9-17(20)10-8-16/h3-10,18,23H,11-13H2,1-2H3,(H,21,24). The van der Waals surface area contributed by atoms with Gasteiger partial charge in [-0.05, 0) is 42.9 Å². The summed E-state index contributed by atoms with van der Waals surface area (Å²) in [4.78, 5) is 14.1. The first-order valence-corrected chi connectivity index (χ1v) is 8.24. The molecule has 0 spiro atoms. The minimum Gasteiger partial charge on any atom is -0.388 e. The number of carbonyl (C=O) groups excluding carboxylic acids is 1. The zero-order valence-electron chi connectivity index (χ0n) is 14.0. The topological polar surface area (TPSA) is 52.6 Å². The number of halogens is 1. The molecule has 0 aliphatic carbocycles. The Morgan fingerprint density at radius 3 is 2.25 bits per heavy atom. The average Bonchev–Trinajstić information content (AvgIpc) is 2.54. The van der Waals surface area contributed by atoms with Crippen LogP contribution in [0.2, 0.25) is 5.02 Å². The van der Waals surface area contributed by atoms with E-state index >= 15 is 0 Å². The van der Waals surface area contributed by atoms with Crippen LogP contribution in [0.4, 0.5) is 0 Å². The summed E-state index contributed by atoms with van der Waals surface area (Å²) in [6, 6.07) is 15.0. The molecule has 128 valence electrons. The summed E-state index contributed by atoms with van der Waals surface area (Å²) >= 11 is 5.81. The van der Waals surface area contributed by atoms with E-state index in [1.165, 1.54) is 5.56 Å². The van der Waals surface area contributed by atoms with Gasteiger partial charge in [0, 0.05) is 18.1 Å². The lowest BCUT2D eigenvalue weighted by molar-refractivity contribution is -0.123. The van der Waals surface area contributed by atoms with Crippen molar-refractivity contribution in [3.8, 4) is 0 Å². The molecule has 1 unspecified atom stereocenters. The van der Waals surface area contributed by atoms with E-state index in [2.05, 4.69) is 22.3 Å². The molecule has 0 aliphatic heterocycles. The predicted octanol–water partition coefficient (Wildman–Crippen LogP) is 3.14. The summed E-state index contributed by atoms with van der Waals surface area (Å²) in [6.45, 7) is 1.34. The van der Waals surface area contributed by atoms with E-state index in [-0.39, 0.29) is 12.3 Å². The number of benzene rings is 2. The van der Waals surface area contributed by atoms with E-state index in [1.54, 1.807) is 24.3 Å². The Kier molecular flexibility index (Phi) is 6.79. The van der Waals surface area contributed by atoms with E-state index in [0.29, 0.717) is 17.1 Å². The van der Waals surface area contributed by atoms with Crippen LogP contribution >= 0.6 is 11.6 Å². The van der Waals surface area contributed by atoms with Crippen molar-refractivity contribution in [1.29, 1.82) is 0 Å². The molecule has 0 bridgehead atoms. The largest absolute Gasteiger partial charge is 0.388 e. The molecular weight excluding hydrogens is 324 g/mol. The van der Waals surface area contributed by atoms with E-state index in [4.69, 9.17) is 11.6 Å². The molecule has 0 radical (unpaired) electrons. The maximum atomic E-state index is 12.0. The summed E-state index contributed by atoms with van der Waals surface area (Å²) in [7, 11) is 4.06. The molecule has 2 N–H and O–H groups in total. The Bertz CT molecular complexity index is 654. The Hall–Kier alpha value is -1.88. The lowest BCUT2D eigenvalue weighted by Gasteiger charge is -2.12. The van der Waals surface area contributed by atoms with Crippen molar-refractivity contribution in [1.82, 2.24) is 10.2 Å². The first-order chi connectivity index (χ1) is 11.4. The zero-order valence-corrected chi connectivity index (χ0v) is 14.8. The first kappa shape index (κ1) is 18.5. The highest BCUT2D eigenvalue weighted by atomic mass is 35.5. The van der Waals surface area contributed by atoms with Gasteiger partial charge in [-0.15, -0.1) is 0 Å². The van der Waals surface area contributed by atoms with Crippen molar-refractivity contribution in [3.05, 3.63) is 70.2 Å². The van der Waals surface area contributed by atoms with Crippen molar-refractivity contribution in [3.63, 3.8) is 0 Å². The highest BCUT2D eigenvalue weighted by Crippen LogP contribution is 2.19. The van der Waals surface area contributed by atoms with Crippen molar-refractivity contribution in [2.45, 2.75) is 25.6 Å². The third kappa shape index (κ3) is 5.96. The number of rotatable bonds is 7. The summed E-state index contributed by atoms with van der Waals surface area (Å²) in [6.07, 6.45) is -0.801. The van der Waals surface area contributed by atoms with Crippen LogP contribution in [-0.2, 0) is 17.9 Å². The minimum absolute atomic E-state index is 0.0281. The summed E-state index contributed by atoms with van der Waals surface area (Å²) in [5.41, 5.74) is 2.95. The lowest BCUT2D eigenvalue weighted by Crippen LogP contribution is -2.24. The van der Waals surface area contributed by atoms with Crippen molar-refractivity contribution in [2.75, 3.05) is 14.1 Å². The monoisotopic (exact) mass is 346 g/mol. The van der Waals surface area contributed by atoms with Gasteiger partial charge in [-0.25, -0.2) is 0 Å². The van der Waals surface area contributed by atoms with Gasteiger partial charge >= 0.3 is 0 Å². The smallest absolute Gasteiger partial charge is 0.223 e. The van der Waals surface area contributed by atoms with E-state index in [0.717, 1.165) is 12.1 Å². The van der Waals surface area contributed by atoms with Gasteiger partial charge in [0.15, 0.2) is 0 Å². The molecule has 0 aromatic heterocycles. The molecule has 2 rings (SSSR count). The number of hydrogen-bond acceptors (Lipinski definition) is 3. The second-order valence-electron chi connectivity index (χ2n) is 6.10. The molecule has 0 aliphatic rings. The molecule has 24 heavy (non-hydrogen) atoms. The normalized spacial score (nSPS) is 12.2. The van der Waals surface area contributed by atoms with Gasteiger partial charge in [-0.2, -0.15) is 0 Å². The number of nitrogens with one attached hydrogen (secondary N) is 1. The van der Waals surface area contributed by atoms with Gasteiger partial charge in [-0.1, -0.05) is 48.0 Å². The second-order valence-corrected chi connectivity index (χ2v) is 6.54. The fourth-order valence-electron chi connectivity index (χ4n) is 2.38. The second kappa shape index (κ2) is 8.83. The Morgan fingerprint density at radius 1 is 1.08 bits per heavy atom. The molecule has 0 saturated heterocycles. The maximum Gasteiger partial charge on any atom is 0.223 e. The van der Waals surface area contributed by atoms with Crippen molar-refractivity contribution >= 4 is 17.5 Å². The zero-order chi connectivity index (χ0) is 17.5. The quantitative estimate of drug-likeness (QED) is 0.809. The summed E-state index contributed by atoms with van der Waals surface area (Å²) < 4.78 is 0. The molecule has 2 aromatic carbocycles. The van der Waals surface area contributed by atoms with Gasteiger partial charge in [0.1, 0.15) is 0 Å². The van der Waals surface area contributed by atoms with Crippen LogP contribution in [0.3, 0.4) is 0 Å². The Labute approximate surface area is 148 Å². The Balaban J connectivity index is 1.81. The number of amides is 1. The fraction of sp³-hybridized carbons (Fsp3) is 0.316. The molecule has 1 amide bonds. The fourth-order valence-corrected chi connectivity index (χ4v) is 2.50. The Morgan fingerprint density at radius 2 is 1.67 bits per heavy atom. The van der Waals surface area contributed by atoms with Crippen LogP contribution in [0.1, 0.15) is 29.2 Å². The van der Waals surface area contributed by atoms with Crippen LogP contribution in [0.5, 0.6) is 0 Å². The maximum absolute atomic E-state index is 12.0. The van der Waals surface area contributed by atoms with Gasteiger partial charge in [0.25, 0.3) is 0 Å². The first-order valence-electron chi connectivity index (χ1n) is 7.87. The molecule has 5 heteroatoms.